The number of hydrogen-bond donors (Lipinski definition) is 1. The molecule has 0 radical (unpaired) electrons. The van der Waals surface area contributed by atoms with Crippen molar-refractivity contribution in [3.8, 4) is 0 Å². The van der Waals surface area contributed by atoms with E-state index in [1.54, 1.807) is 4.90 Å². The van der Waals surface area contributed by atoms with Gasteiger partial charge in [0.15, 0.2) is 0 Å². The Morgan fingerprint density at radius 1 is 1.29 bits per heavy atom. The van der Waals surface area contributed by atoms with Crippen molar-refractivity contribution in [1.82, 2.24) is 9.80 Å². The van der Waals surface area contributed by atoms with Crippen LogP contribution in [0.15, 0.2) is 0 Å². The number of rotatable bonds is 0. The van der Waals surface area contributed by atoms with Gasteiger partial charge in [-0.2, -0.15) is 0 Å². The van der Waals surface area contributed by atoms with E-state index in [4.69, 9.17) is 5.11 Å². The quantitative estimate of drug-likeness (QED) is 0.644. The lowest BCUT2D eigenvalue weighted by molar-refractivity contribution is 0.0669. The monoisotopic (exact) mass is 200 g/mol. The van der Waals surface area contributed by atoms with Crippen LogP contribution >= 0.6 is 0 Å². The van der Waals surface area contributed by atoms with Crippen molar-refractivity contribution in [2.45, 2.75) is 32.2 Å². The number of hydrogen-bond acceptors (Lipinski definition) is 2. The molecule has 1 saturated carbocycles. The van der Waals surface area contributed by atoms with E-state index in [9.17, 15) is 4.79 Å². The van der Waals surface area contributed by atoms with E-state index in [0.29, 0.717) is 6.54 Å². The molecule has 1 amide bonds. The van der Waals surface area contributed by atoms with Crippen LogP contribution in [0.3, 0.4) is 0 Å². The molecule has 0 atom stereocenters. The van der Waals surface area contributed by atoms with E-state index in [-0.39, 0.29) is 5.54 Å². The second-order valence-electron chi connectivity index (χ2n) is 3.90. The predicted molar refractivity (Wildman–Crippen MR) is 55.5 cm³/mol. The van der Waals surface area contributed by atoms with Gasteiger partial charge in [-0.25, -0.2) is 4.79 Å². The molecule has 1 saturated heterocycles. The minimum absolute atomic E-state index is 0.00116. The standard InChI is InChI=1S/C8H14N2O2.C2H6/c1-9-4-5-10(7(11)12)8(6-9)2-3-8;1-2/h2-6H2,1H3,(H,11,12);1-2H3. The highest BCUT2D eigenvalue weighted by Gasteiger charge is 2.52. The predicted octanol–water partition coefficient (Wildman–Crippen LogP) is 1.47. The van der Waals surface area contributed by atoms with Crippen LogP contribution in [0.25, 0.3) is 0 Å². The van der Waals surface area contributed by atoms with Crippen LogP contribution in [-0.4, -0.2) is 53.2 Å². The number of carboxylic acid groups (broad SMARTS) is 1. The van der Waals surface area contributed by atoms with Crippen molar-refractivity contribution in [2.75, 3.05) is 26.7 Å². The van der Waals surface area contributed by atoms with Gasteiger partial charge in [-0.15, -0.1) is 0 Å². The Hall–Kier alpha value is -0.770. The summed E-state index contributed by atoms with van der Waals surface area (Å²) >= 11 is 0. The van der Waals surface area contributed by atoms with E-state index in [1.807, 2.05) is 13.8 Å². The summed E-state index contributed by atoms with van der Waals surface area (Å²) in [5, 5.41) is 8.91. The topological polar surface area (TPSA) is 43.8 Å². The molecule has 1 aliphatic heterocycles. The van der Waals surface area contributed by atoms with Gasteiger partial charge < -0.3 is 14.9 Å². The van der Waals surface area contributed by atoms with Gasteiger partial charge in [-0.3, -0.25) is 0 Å². The van der Waals surface area contributed by atoms with E-state index < -0.39 is 6.09 Å². The first-order chi connectivity index (χ1) is 6.64. The maximum absolute atomic E-state index is 10.8. The molecule has 4 nitrogen and oxygen atoms in total. The van der Waals surface area contributed by atoms with Crippen LogP contribution in [0.2, 0.25) is 0 Å². The Morgan fingerprint density at radius 3 is 2.29 bits per heavy atom. The van der Waals surface area contributed by atoms with Gasteiger partial charge in [-0.05, 0) is 19.9 Å². The molecule has 4 heteroatoms. The number of likely N-dealkylation sites (N-methyl/N-ethyl adjacent to an activating group) is 1. The van der Waals surface area contributed by atoms with Crippen molar-refractivity contribution < 1.29 is 9.90 Å². The average Bonchev–Trinajstić information content (AvgIpc) is 2.88. The van der Waals surface area contributed by atoms with Gasteiger partial charge in [0.1, 0.15) is 0 Å². The highest BCUT2D eigenvalue weighted by molar-refractivity contribution is 5.67. The summed E-state index contributed by atoms with van der Waals surface area (Å²) in [6.07, 6.45) is 1.34. The molecule has 0 bridgehead atoms. The first-order valence-electron chi connectivity index (χ1n) is 5.33. The lowest BCUT2D eigenvalue weighted by Crippen LogP contribution is -2.55. The largest absolute Gasteiger partial charge is 0.465 e. The van der Waals surface area contributed by atoms with Gasteiger partial charge in [0.2, 0.25) is 0 Å². The Balaban J connectivity index is 0.000000461. The van der Waals surface area contributed by atoms with E-state index >= 15 is 0 Å². The van der Waals surface area contributed by atoms with Crippen molar-refractivity contribution in [3.05, 3.63) is 0 Å². The van der Waals surface area contributed by atoms with Crippen molar-refractivity contribution in [3.63, 3.8) is 0 Å². The maximum Gasteiger partial charge on any atom is 0.407 e. The number of nitrogens with zero attached hydrogens (tertiary/aromatic N) is 2. The minimum atomic E-state index is -0.749. The molecule has 0 unspecified atom stereocenters. The zero-order valence-electron chi connectivity index (χ0n) is 9.29. The molecule has 2 rings (SSSR count). The lowest BCUT2D eigenvalue weighted by Gasteiger charge is -2.38. The van der Waals surface area contributed by atoms with E-state index in [0.717, 1.165) is 25.9 Å². The van der Waals surface area contributed by atoms with Crippen LogP contribution < -0.4 is 0 Å². The Labute approximate surface area is 85.5 Å². The molecule has 1 aliphatic carbocycles. The van der Waals surface area contributed by atoms with E-state index in [1.165, 1.54) is 0 Å². The summed E-state index contributed by atoms with van der Waals surface area (Å²) in [5.41, 5.74) is -0.00116. The van der Waals surface area contributed by atoms with Gasteiger partial charge in [0.05, 0.1) is 5.54 Å². The van der Waals surface area contributed by atoms with Gasteiger partial charge >= 0.3 is 6.09 Å². The third-order valence-corrected chi connectivity index (χ3v) is 2.90. The molecule has 1 N–H and O–H groups in total. The van der Waals surface area contributed by atoms with Crippen molar-refractivity contribution in [1.29, 1.82) is 0 Å². The molecule has 14 heavy (non-hydrogen) atoms. The fraction of sp³-hybridized carbons (Fsp3) is 0.900. The summed E-state index contributed by atoms with van der Waals surface area (Å²) in [4.78, 5) is 14.7. The van der Waals surface area contributed by atoms with Gasteiger partial charge in [0.25, 0.3) is 0 Å². The maximum atomic E-state index is 10.8. The molecule has 0 aromatic carbocycles. The highest BCUT2D eigenvalue weighted by atomic mass is 16.4. The molecule has 2 aliphatic rings. The van der Waals surface area contributed by atoms with Crippen LogP contribution in [0.1, 0.15) is 26.7 Å². The number of carbonyl (C=O) groups is 1. The fourth-order valence-corrected chi connectivity index (χ4v) is 2.05. The zero-order chi connectivity index (χ0) is 10.8. The molecule has 82 valence electrons. The Bertz CT molecular complexity index is 214. The summed E-state index contributed by atoms with van der Waals surface area (Å²) in [7, 11) is 2.05. The normalized spacial score (nSPS) is 24.1. The smallest absolute Gasteiger partial charge is 0.407 e. The second-order valence-corrected chi connectivity index (χ2v) is 3.90. The van der Waals surface area contributed by atoms with Crippen LogP contribution in [0.5, 0.6) is 0 Å². The van der Waals surface area contributed by atoms with Crippen LogP contribution in [0, 0.1) is 0 Å². The second kappa shape index (κ2) is 4.17. The molecule has 0 aromatic heterocycles. The van der Waals surface area contributed by atoms with Crippen LogP contribution in [0.4, 0.5) is 4.79 Å². The molecule has 1 heterocycles. The van der Waals surface area contributed by atoms with Crippen LogP contribution in [-0.2, 0) is 0 Å². The van der Waals surface area contributed by atoms with Crippen molar-refractivity contribution in [2.24, 2.45) is 0 Å². The first kappa shape index (κ1) is 11.3. The first-order valence-corrected chi connectivity index (χ1v) is 5.33. The lowest BCUT2D eigenvalue weighted by atomic mass is 10.1. The fourth-order valence-electron chi connectivity index (χ4n) is 2.05. The molecular weight excluding hydrogens is 180 g/mol. The molecule has 2 fully saturated rings. The Morgan fingerprint density at radius 2 is 1.86 bits per heavy atom. The third-order valence-electron chi connectivity index (χ3n) is 2.90. The summed E-state index contributed by atoms with van der Waals surface area (Å²) < 4.78 is 0. The third kappa shape index (κ3) is 2.00. The van der Waals surface area contributed by atoms with Gasteiger partial charge in [-0.1, -0.05) is 13.8 Å². The molecule has 0 aromatic rings. The highest BCUT2D eigenvalue weighted by Crippen LogP contribution is 2.43. The average molecular weight is 200 g/mol. The molecular formula is C10H20N2O2. The van der Waals surface area contributed by atoms with Crippen molar-refractivity contribution >= 4 is 6.09 Å². The molecule has 1 spiro atoms. The summed E-state index contributed by atoms with van der Waals surface area (Å²) in [6, 6.07) is 0. The van der Waals surface area contributed by atoms with E-state index in [2.05, 4.69) is 11.9 Å². The SMILES string of the molecule is CC.CN1CCN(C(=O)O)C2(CC2)C1. The minimum Gasteiger partial charge on any atom is -0.465 e. The number of piperazine rings is 1. The van der Waals surface area contributed by atoms with Gasteiger partial charge in [0, 0.05) is 19.6 Å². The summed E-state index contributed by atoms with van der Waals surface area (Å²) in [5.74, 6) is 0. The number of amides is 1. The Kier molecular flexibility index (Phi) is 3.37. The summed E-state index contributed by atoms with van der Waals surface area (Å²) in [6.45, 7) is 6.46. The zero-order valence-corrected chi connectivity index (χ0v) is 9.29.